The molecular weight excluding hydrogens is 268 g/mol. The monoisotopic (exact) mass is 288 g/mol. The summed E-state index contributed by atoms with van der Waals surface area (Å²) in [6.45, 7) is 3.99. The van der Waals surface area contributed by atoms with Gasteiger partial charge in [0.15, 0.2) is 17.3 Å². The zero-order chi connectivity index (χ0) is 15.4. The van der Waals surface area contributed by atoms with Gasteiger partial charge in [0, 0.05) is 16.8 Å². The molecule has 0 amide bonds. The second kappa shape index (κ2) is 6.41. The molecule has 0 aliphatic heterocycles. The molecule has 6 heteroatoms. The number of nitrogen functional groups attached to an aromatic ring is 1. The molecule has 1 heterocycles. The summed E-state index contributed by atoms with van der Waals surface area (Å²) in [4.78, 5) is 9.03. The number of hydrogen-bond acceptors (Lipinski definition) is 6. The lowest BCUT2D eigenvalue weighted by Gasteiger charge is -2.13. The number of aryl methyl sites for hydroxylation is 1. The van der Waals surface area contributed by atoms with Gasteiger partial charge in [-0.25, -0.2) is 15.8 Å². The largest absolute Gasteiger partial charge is 0.493 e. The topological polar surface area (TPSA) is 82.3 Å². The molecule has 0 spiro atoms. The van der Waals surface area contributed by atoms with E-state index in [4.69, 9.17) is 15.3 Å². The lowest BCUT2D eigenvalue weighted by Crippen LogP contribution is -2.13. The Morgan fingerprint density at radius 1 is 1.14 bits per heavy atom. The summed E-state index contributed by atoms with van der Waals surface area (Å²) >= 11 is 0. The summed E-state index contributed by atoms with van der Waals surface area (Å²) in [5.41, 5.74) is 5.41. The number of methoxy groups -OCH3 is 2. The molecule has 112 valence electrons. The highest BCUT2D eigenvalue weighted by atomic mass is 16.5. The van der Waals surface area contributed by atoms with Gasteiger partial charge in [-0.15, -0.1) is 0 Å². The summed E-state index contributed by atoms with van der Waals surface area (Å²) in [5, 5.41) is 0. The van der Waals surface area contributed by atoms with Crippen LogP contribution >= 0.6 is 0 Å². The molecular formula is C15H20N4O2. The first kappa shape index (κ1) is 15.1. The van der Waals surface area contributed by atoms with Crippen LogP contribution in [0.3, 0.4) is 0 Å². The van der Waals surface area contributed by atoms with E-state index in [0.717, 1.165) is 23.2 Å². The molecule has 0 aliphatic carbocycles. The molecule has 21 heavy (non-hydrogen) atoms. The van der Waals surface area contributed by atoms with Crippen molar-refractivity contribution in [1.82, 2.24) is 9.97 Å². The van der Waals surface area contributed by atoms with Crippen molar-refractivity contribution in [2.45, 2.75) is 20.3 Å². The number of ether oxygens (including phenoxy) is 2. The van der Waals surface area contributed by atoms with E-state index in [1.165, 1.54) is 0 Å². The van der Waals surface area contributed by atoms with Gasteiger partial charge in [-0.3, -0.25) is 0 Å². The molecule has 2 aromatic rings. The van der Waals surface area contributed by atoms with Crippen molar-refractivity contribution in [2.24, 2.45) is 5.84 Å². The van der Waals surface area contributed by atoms with Crippen molar-refractivity contribution in [2.75, 3.05) is 19.6 Å². The Morgan fingerprint density at radius 2 is 1.86 bits per heavy atom. The van der Waals surface area contributed by atoms with Crippen LogP contribution in [-0.2, 0) is 6.42 Å². The zero-order valence-corrected chi connectivity index (χ0v) is 12.7. The van der Waals surface area contributed by atoms with Gasteiger partial charge in [0.1, 0.15) is 5.82 Å². The minimum atomic E-state index is 0.596. The number of anilines is 1. The van der Waals surface area contributed by atoms with E-state index in [1.807, 2.05) is 32.0 Å². The second-order valence-electron chi connectivity index (χ2n) is 4.53. The van der Waals surface area contributed by atoms with E-state index in [1.54, 1.807) is 14.2 Å². The maximum Gasteiger partial charge on any atom is 0.161 e. The Bertz CT molecular complexity index is 644. The smallest absolute Gasteiger partial charge is 0.161 e. The van der Waals surface area contributed by atoms with Gasteiger partial charge in [0.05, 0.1) is 14.2 Å². The Morgan fingerprint density at radius 3 is 2.43 bits per heavy atom. The number of benzene rings is 1. The Balaban J connectivity index is 2.54. The lowest BCUT2D eigenvalue weighted by molar-refractivity contribution is 0.355. The maximum absolute atomic E-state index is 5.56. The Hall–Kier alpha value is -2.34. The lowest BCUT2D eigenvalue weighted by atomic mass is 10.1. The number of hydrogen-bond donors (Lipinski definition) is 2. The fraction of sp³-hybridized carbons (Fsp3) is 0.333. The van der Waals surface area contributed by atoms with Crippen LogP contribution in [0, 0.1) is 6.92 Å². The fourth-order valence-corrected chi connectivity index (χ4v) is 2.24. The minimum absolute atomic E-state index is 0.596. The normalized spacial score (nSPS) is 10.3. The molecule has 1 aromatic heterocycles. The highest BCUT2D eigenvalue weighted by Crippen LogP contribution is 2.32. The van der Waals surface area contributed by atoms with Crippen LogP contribution < -0.4 is 20.7 Å². The van der Waals surface area contributed by atoms with Crippen LogP contribution in [0.5, 0.6) is 11.5 Å². The first-order valence-corrected chi connectivity index (χ1v) is 6.71. The van der Waals surface area contributed by atoms with Crippen molar-refractivity contribution in [1.29, 1.82) is 0 Å². The van der Waals surface area contributed by atoms with E-state index in [-0.39, 0.29) is 0 Å². The summed E-state index contributed by atoms with van der Waals surface area (Å²) in [6, 6.07) is 5.57. The van der Waals surface area contributed by atoms with Crippen LogP contribution in [0.25, 0.3) is 11.4 Å². The van der Waals surface area contributed by atoms with E-state index in [9.17, 15) is 0 Å². The number of nitrogens with one attached hydrogen (secondary N) is 1. The Kier molecular flexibility index (Phi) is 4.59. The maximum atomic E-state index is 5.56. The summed E-state index contributed by atoms with van der Waals surface area (Å²) < 4.78 is 10.5. The third-order valence-corrected chi connectivity index (χ3v) is 3.35. The molecule has 0 saturated carbocycles. The van der Waals surface area contributed by atoms with Crippen molar-refractivity contribution in [3.8, 4) is 22.9 Å². The fourth-order valence-electron chi connectivity index (χ4n) is 2.24. The summed E-state index contributed by atoms with van der Waals surface area (Å²) in [5.74, 6) is 8.11. The average Bonchev–Trinajstić information content (AvgIpc) is 2.53. The van der Waals surface area contributed by atoms with E-state index < -0.39 is 0 Å². The van der Waals surface area contributed by atoms with Gasteiger partial charge in [-0.05, 0) is 31.5 Å². The van der Waals surface area contributed by atoms with Gasteiger partial charge >= 0.3 is 0 Å². The van der Waals surface area contributed by atoms with Gasteiger partial charge < -0.3 is 14.9 Å². The Labute approximate surface area is 124 Å². The van der Waals surface area contributed by atoms with Crippen LogP contribution in [0.1, 0.15) is 18.2 Å². The third kappa shape index (κ3) is 2.90. The van der Waals surface area contributed by atoms with Gasteiger partial charge in [-0.2, -0.15) is 0 Å². The average molecular weight is 288 g/mol. The predicted molar refractivity (Wildman–Crippen MR) is 82.5 cm³/mol. The number of nitrogens with two attached hydrogens (primary N) is 1. The van der Waals surface area contributed by atoms with Gasteiger partial charge in [0.2, 0.25) is 0 Å². The highest BCUT2D eigenvalue weighted by Gasteiger charge is 2.13. The minimum Gasteiger partial charge on any atom is -0.493 e. The molecule has 0 saturated heterocycles. The molecule has 6 nitrogen and oxygen atoms in total. The molecule has 0 radical (unpaired) electrons. The zero-order valence-electron chi connectivity index (χ0n) is 12.7. The quantitative estimate of drug-likeness (QED) is 0.649. The number of aromatic nitrogens is 2. The SMILES string of the molecule is CCc1c(C)nc(-c2ccc(OC)c(OC)c2)nc1NN. The van der Waals surface area contributed by atoms with E-state index in [2.05, 4.69) is 15.4 Å². The molecule has 0 unspecified atom stereocenters. The first-order valence-electron chi connectivity index (χ1n) is 6.71. The van der Waals surface area contributed by atoms with Crippen LogP contribution in [0.2, 0.25) is 0 Å². The molecule has 2 rings (SSSR count). The molecule has 3 N–H and O–H groups in total. The molecule has 0 bridgehead atoms. The predicted octanol–water partition coefficient (Wildman–Crippen LogP) is 2.32. The standard InChI is InChI=1S/C15H20N4O2/c1-5-11-9(2)17-14(18-15(11)19-16)10-6-7-12(20-3)13(8-10)21-4/h6-8H,5,16H2,1-4H3,(H,17,18,19). The van der Waals surface area contributed by atoms with Crippen LogP contribution in [0.15, 0.2) is 18.2 Å². The van der Waals surface area contributed by atoms with Crippen LogP contribution in [-0.4, -0.2) is 24.2 Å². The van der Waals surface area contributed by atoms with Crippen molar-refractivity contribution >= 4 is 5.82 Å². The number of hydrazine groups is 1. The van der Waals surface area contributed by atoms with Crippen LogP contribution in [0.4, 0.5) is 5.82 Å². The van der Waals surface area contributed by atoms with Gasteiger partial charge in [-0.1, -0.05) is 6.92 Å². The van der Waals surface area contributed by atoms with Crippen molar-refractivity contribution < 1.29 is 9.47 Å². The molecule has 0 fully saturated rings. The molecule has 0 aliphatic rings. The molecule has 0 atom stereocenters. The summed E-state index contributed by atoms with van der Waals surface area (Å²) in [7, 11) is 3.20. The van der Waals surface area contributed by atoms with Crippen molar-refractivity contribution in [3.05, 3.63) is 29.5 Å². The number of nitrogens with zero attached hydrogens (tertiary/aromatic N) is 2. The second-order valence-corrected chi connectivity index (χ2v) is 4.53. The summed E-state index contributed by atoms with van der Waals surface area (Å²) in [6.07, 6.45) is 0.817. The first-order chi connectivity index (χ1) is 10.1. The number of rotatable bonds is 5. The highest BCUT2D eigenvalue weighted by molar-refractivity contribution is 5.63. The van der Waals surface area contributed by atoms with Gasteiger partial charge in [0.25, 0.3) is 0 Å². The third-order valence-electron chi connectivity index (χ3n) is 3.35. The van der Waals surface area contributed by atoms with Crippen molar-refractivity contribution in [3.63, 3.8) is 0 Å². The van der Waals surface area contributed by atoms with E-state index >= 15 is 0 Å². The van der Waals surface area contributed by atoms with E-state index in [0.29, 0.717) is 23.1 Å². The molecule has 1 aromatic carbocycles.